The van der Waals surface area contributed by atoms with Crippen molar-refractivity contribution >= 4 is 12.4 Å². The van der Waals surface area contributed by atoms with Crippen LogP contribution in [0.15, 0.2) is 30.3 Å². The highest BCUT2D eigenvalue weighted by Gasteiger charge is 2.27. The lowest BCUT2D eigenvalue weighted by atomic mass is 9.94. The van der Waals surface area contributed by atoms with Gasteiger partial charge in [-0.15, -0.1) is 12.4 Å². The van der Waals surface area contributed by atoms with Crippen LogP contribution in [0.4, 0.5) is 0 Å². The molecule has 1 heterocycles. The van der Waals surface area contributed by atoms with Gasteiger partial charge in [0, 0.05) is 6.04 Å². The average Bonchev–Trinajstić information content (AvgIpc) is 2.68. The summed E-state index contributed by atoms with van der Waals surface area (Å²) in [4.78, 5) is 2.56. The third-order valence-electron chi connectivity index (χ3n) is 5.72. The van der Waals surface area contributed by atoms with Crippen LogP contribution in [-0.4, -0.2) is 29.1 Å². The lowest BCUT2D eigenvalue weighted by Gasteiger charge is -2.37. The number of aliphatic hydroxyl groups excluding tert-OH is 1. The van der Waals surface area contributed by atoms with Crippen molar-refractivity contribution in [2.75, 3.05) is 13.1 Å². The van der Waals surface area contributed by atoms with Crippen molar-refractivity contribution in [1.82, 2.24) is 4.90 Å². The van der Waals surface area contributed by atoms with E-state index in [0.717, 1.165) is 25.1 Å². The van der Waals surface area contributed by atoms with Gasteiger partial charge in [-0.05, 0) is 37.9 Å². The first-order valence-corrected chi connectivity index (χ1v) is 10.8. The molecule has 0 bridgehead atoms. The number of piperidine rings is 1. The van der Waals surface area contributed by atoms with Gasteiger partial charge >= 0.3 is 0 Å². The highest BCUT2D eigenvalue weighted by atomic mass is 35.5. The quantitative estimate of drug-likeness (QED) is 0.416. The van der Waals surface area contributed by atoms with Crippen molar-refractivity contribution in [3.8, 4) is 0 Å². The number of hydrogen-bond acceptors (Lipinski definition) is 2. The second-order valence-corrected chi connectivity index (χ2v) is 7.78. The molecular formula is C23H40ClNO. The molecule has 1 aromatic carbocycles. The van der Waals surface area contributed by atoms with E-state index in [2.05, 4.69) is 24.0 Å². The highest BCUT2D eigenvalue weighted by molar-refractivity contribution is 5.85. The summed E-state index contributed by atoms with van der Waals surface area (Å²) in [5.74, 6) is 0. The van der Waals surface area contributed by atoms with Crippen LogP contribution in [0.3, 0.4) is 0 Å². The fourth-order valence-corrected chi connectivity index (χ4v) is 4.15. The zero-order valence-corrected chi connectivity index (χ0v) is 17.6. The average molecular weight is 382 g/mol. The van der Waals surface area contributed by atoms with Crippen molar-refractivity contribution in [1.29, 1.82) is 0 Å². The third kappa shape index (κ3) is 8.41. The molecule has 150 valence electrons. The zero-order valence-electron chi connectivity index (χ0n) is 16.7. The summed E-state index contributed by atoms with van der Waals surface area (Å²) in [7, 11) is 0. The number of aliphatic hydroxyl groups is 1. The van der Waals surface area contributed by atoms with E-state index in [1.165, 1.54) is 70.6 Å². The second kappa shape index (κ2) is 14.5. The van der Waals surface area contributed by atoms with Crippen LogP contribution in [0.25, 0.3) is 0 Å². The van der Waals surface area contributed by atoms with Crippen LogP contribution in [0.2, 0.25) is 0 Å². The molecular weight excluding hydrogens is 342 g/mol. The smallest absolute Gasteiger partial charge is 0.0945 e. The Morgan fingerprint density at radius 2 is 1.42 bits per heavy atom. The normalized spacial score (nSPS) is 17.5. The van der Waals surface area contributed by atoms with E-state index in [-0.39, 0.29) is 18.5 Å². The SMILES string of the molecule is CCCCCCCCCCC(C(O)c1ccccc1)N1CCCCC1.Cl. The maximum atomic E-state index is 11.0. The molecule has 3 heteroatoms. The number of unbranched alkanes of at least 4 members (excludes halogenated alkanes) is 7. The van der Waals surface area contributed by atoms with Gasteiger partial charge < -0.3 is 5.11 Å². The maximum Gasteiger partial charge on any atom is 0.0945 e. The van der Waals surface area contributed by atoms with Crippen LogP contribution in [0.1, 0.15) is 95.6 Å². The first-order valence-electron chi connectivity index (χ1n) is 10.8. The van der Waals surface area contributed by atoms with Gasteiger partial charge in [-0.3, -0.25) is 4.90 Å². The molecule has 2 rings (SSSR count). The van der Waals surface area contributed by atoms with E-state index in [9.17, 15) is 5.11 Å². The third-order valence-corrected chi connectivity index (χ3v) is 5.72. The molecule has 2 unspecified atom stereocenters. The van der Waals surface area contributed by atoms with Gasteiger partial charge in [-0.25, -0.2) is 0 Å². The first kappa shape index (κ1) is 23.5. The number of nitrogens with zero attached hydrogens (tertiary/aromatic N) is 1. The molecule has 1 saturated heterocycles. The Balaban J connectivity index is 0.00000338. The summed E-state index contributed by atoms with van der Waals surface area (Å²) in [5.41, 5.74) is 1.08. The number of likely N-dealkylation sites (tertiary alicyclic amines) is 1. The minimum atomic E-state index is -0.344. The molecule has 0 spiro atoms. The largest absolute Gasteiger partial charge is 0.387 e. The van der Waals surface area contributed by atoms with Crippen molar-refractivity contribution < 1.29 is 5.11 Å². The van der Waals surface area contributed by atoms with Gasteiger partial charge in [-0.2, -0.15) is 0 Å². The molecule has 0 aliphatic carbocycles. The van der Waals surface area contributed by atoms with Crippen molar-refractivity contribution in [3.05, 3.63) is 35.9 Å². The monoisotopic (exact) mass is 381 g/mol. The Hall–Kier alpha value is -0.570. The number of benzene rings is 1. The van der Waals surface area contributed by atoms with Gasteiger partial charge in [0.15, 0.2) is 0 Å². The Labute approximate surface area is 167 Å². The molecule has 1 aliphatic heterocycles. The van der Waals surface area contributed by atoms with E-state index < -0.39 is 0 Å². The second-order valence-electron chi connectivity index (χ2n) is 7.78. The number of hydrogen-bond donors (Lipinski definition) is 1. The maximum absolute atomic E-state index is 11.0. The molecule has 2 atom stereocenters. The Morgan fingerprint density at radius 1 is 0.846 bits per heavy atom. The van der Waals surface area contributed by atoms with Gasteiger partial charge in [0.2, 0.25) is 0 Å². The number of halogens is 1. The van der Waals surface area contributed by atoms with Crippen molar-refractivity contribution in [3.63, 3.8) is 0 Å². The molecule has 2 nitrogen and oxygen atoms in total. The van der Waals surface area contributed by atoms with E-state index in [4.69, 9.17) is 0 Å². The summed E-state index contributed by atoms with van der Waals surface area (Å²) in [6.07, 6.45) is 15.5. The fourth-order valence-electron chi connectivity index (χ4n) is 4.15. The lowest BCUT2D eigenvalue weighted by Crippen LogP contribution is -2.42. The summed E-state index contributed by atoms with van der Waals surface area (Å²) >= 11 is 0. The summed E-state index contributed by atoms with van der Waals surface area (Å²) in [5, 5.41) is 11.0. The molecule has 1 N–H and O–H groups in total. The molecule has 1 fully saturated rings. The highest BCUT2D eigenvalue weighted by Crippen LogP contribution is 2.28. The predicted molar refractivity (Wildman–Crippen MR) is 115 cm³/mol. The van der Waals surface area contributed by atoms with E-state index in [1.807, 2.05) is 18.2 Å². The van der Waals surface area contributed by atoms with Gasteiger partial charge in [0.05, 0.1) is 6.10 Å². The van der Waals surface area contributed by atoms with E-state index in [1.54, 1.807) is 0 Å². The number of rotatable bonds is 12. The van der Waals surface area contributed by atoms with Crippen molar-refractivity contribution in [2.24, 2.45) is 0 Å². The van der Waals surface area contributed by atoms with Crippen LogP contribution < -0.4 is 0 Å². The Bertz CT molecular complexity index is 433. The van der Waals surface area contributed by atoms with Crippen molar-refractivity contribution in [2.45, 2.75) is 96.1 Å². The van der Waals surface area contributed by atoms with Gasteiger partial charge in [-0.1, -0.05) is 95.0 Å². The zero-order chi connectivity index (χ0) is 17.7. The molecule has 0 saturated carbocycles. The fraction of sp³-hybridized carbons (Fsp3) is 0.739. The molecule has 1 aliphatic rings. The topological polar surface area (TPSA) is 23.5 Å². The molecule has 26 heavy (non-hydrogen) atoms. The predicted octanol–water partition coefficient (Wildman–Crippen LogP) is 6.53. The van der Waals surface area contributed by atoms with E-state index >= 15 is 0 Å². The minimum absolute atomic E-state index is 0. The molecule has 0 amide bonds. The Morgan fingerprint density at radius 3 is 2.04 bits per heavy atom. The van der Waals surface area contributed by atoms with E-state index in [0.29, 0.717) is 6.04 Å². The molecule has 0 radical (unpaired) electrons. The minimum Gasteiger partial charge on any atom is -0.387 e. The summed E-state index contributed by atoms with van der Waals surface area (Å²) < 4.78 is 0. The Kier molecular flexibility index (Phi) is 13.1. The van der Waals surface area contributed by atoms with Crippen LogP contribution in [-0.2, 0) is 0 Å². The van der Waals surface area contributed by atoms with Gasteiger partial charge in [0.25, 0.3) is 0 Å². The summed E-state index contributed by atoms with van der Waals surface area (Å²) in [6, 6.07) is 10.6. The van der Waals surface area contributed by atoms with Crippen LogP contribution in [0, 0.1) is 0 Å². The standard InChI is InChI=1S/C23H39NO.ClH/c1-2-3-4-5-6-7-8-13-18-22(24-19-14-10-15-20-24)23(25)21-16-11-9-12-17-21;/h9,11-12,16-17,22-23,25H,2-8,10,13-15,18-20H2,1H3;1H. The molecule has 1 aromatic rings. The van der Waals surface area contributed by atoms with Crippen LogP contribution in [0.5, 0.6) is 0 Å². The van der Waals surface area contributed by atoms with Gasteiger partial charge in [0.1, 0.15) is 0 Å². The molecule has 0 aromatic heterocycles. The van der Waals surface area contributed by atoms with Crippen LogP contribution >= 0.6 is 12.4 Å². The summed E-state index contributed by atoms with van der Waals surface area (Å²) in [6.45, 7) is 4.59. The first-order chi connectivity index (χ1) is 12.3. The lowest BCUT2D eigenvalue weighted by molar-refractivity contribution is 0.0311.